The molecule has 132 valence electrons. The molecule has 0 aliphatic heterocycles. The molecule has 2 N–H and O–H groups in total. The van der Waals surface area contributed by atoms with Gasteiger partial charge in [0.15, 0.2) is 0 Å². The molecule has 1 saturated carbocycles. The summed E-state index contributed by atoms with van der Waals surface area (Å²) in [6.07, 6.45) is 2.60. The molecule has 2 aromatic rings. The van der Waals surface area contributed by atoms with Gasteiger partial charge in [0, 0.05) is 16.8 Å². The van der Waals surface area contributed by atoms with Gasteiger partial charge in [0.2, 0.25) is 10.0 Å². The van der Waals surface area contributed by atoms with E-state index in [1.165, 1.54) is 48.5 Å². The minimum absolute atomic E-state index is 0.0485. The Morgan fingerprint density at radius 1 is 1.12 bits per heavy atom. The highest BCUT2D eigenvalue weighted by Gasteiger charge is 2.36. The maximum Gasteiger partial charge on any atom is 0.255 e. The maximum atomic E-state index is 12.9. The number of nitrogens with one attached hydrogen (secondary N) is 2. The standard InChI is InChI=1S/C18H19FN2O3S/c1-18(10-3-11-18)21-25(23,24)16-5-2-4-13(12-16)17(22)20-15-8-6-14(19)7-9-15/h2,4-9,12,21H,3,10-11H2,1H3,(H,20,22). The summed E-state index contributed by atoms with van der Waals surface area (Å²) in [6.45, 7) is 1.87. The fourth-order valence-corrected chi connectivity index (χ4v) is 4.24. The quantitative estimate of drug-likeness (QED) is 0.857. The van der Waals surface area contributed by atoms with Crippen molar-refractivity contribution in [2.75, 3.05) is 5.32 Å². The highest BCUT2D eigenvalue weighted by atomic mass is 32.2. The van der Waals surface area contributed by atoms with Crippen molar-refractivity contribution in [3.63, 3.8) is 0 Å². The SMILES string of the molecule is CC1(NS(=O)(=O)c2cccc(C(=O)Nc3ccc(F)cc3)c2)CCC1. The summed E-state index contributed by atoms with van der Waals surface area (Å²) in [7, 11) is -3.69. The normalized spacial score (nSPS) is 16.1. The van der Waals surface area contributed by atoms with Gasteiger partial charge >= 0.3 is 0 Å². The number of benzene rings is 2. The van der Waals surface area contributed by atoms with E-state index in [0.29, 0.717) is 5.69 Å². The van der Waals surface area contributed by atoms with E-state index in [1.807, 2.05) is 6.92 Å². The van der Waals surface area contributed by atoms with Crippen LogP contribution >= 0.6 is 0 Å². The van der Waals surface area contributed by atoms with E-state index in [4.69, 9.17) is 0 Å². The van der Waals surface area contributed by atoms with Gasteiger partial charge in [0.05, 0.1) is 4.90 Å². The Kier molecular flexibility index (Phi) is 4.62. The predicted octanol–water partition coefficient (Wildman–Crippen LogP) is 3.30. The summed E-state index contributed by atoms with van der Waals surface area (Å²) in [5.41, 5.74) is 0.233. The monoisotopic (exact) mass is 362 g/mol. The van der Waals surface area contributed by atoms with Crippen LogP contribution in [-0.4, -0.2) is 19.9 Å². The Morgan fingerprint density at radius 3 is 2.40 bits per heavy atom. The number of halogens is 1. The highest BCUT2D eigenvalue weighted by molar-refractivity contribution is 7.89. The molecule has 0 atom stereocenters. The lowest BCUT2D eigenvalue weighted by Crippen LogP contribution is -2.50. The van der Waals surface area contributed by atoms with Crippen molar-refractivity contribution in [2.45, 2.75) is 36.6 Å². The van der Waals surface area contributed by atoms with E-state index in [9.17, 15) is 17.6 Å². The van der Waals surface area contributed by atoms with Gasteiger partial charge in [-0.1, -0.05) is 6.07 Å². The van der Waals surface area contributed by atoms with Crippen LogP contribution in [0.15, 0.2) is 53.4 Å². The Balaban J connectivity index is 1.78. The summed E-state index contributed by atoms with van der Waals surface area (Å²) < 4.78 is 40.7. The van der Waals surface area contributed by atoms with Gasteiger partial charge in [-0.2, -0.15) is 0 Å². The molecule has 0 spiro atoms. The molecule has 0 unspecified atom stereocenters. The molecule has 25 heavy (non-hydrogen) atoms. The number of hydrogen-bond acceptors (Lipinski definition) is 3. The van der Waals surface area contributed by atoms with Gasteiger partial charge in [-0.05, 0) is 68.7 Å². The predicted molar refractivity (Wildman–Crippen MR) is 93.4 cm³/mol. The number of rotatable bonds is 5. The van der Waals surface area contributed by atoms with Crippen LogP contribution in [0.1, 0.15) is 36.5 Å². The number of carbonyl (C=O) groups excluding carboxylic acids is 1. The average Bonchev–Trinajstić information content (AvgIpc) is 2.55. The van der Waals surface area contributed by atoms with E-state index >= 15 is 0 Å². The van der Waals surface area contributed by atoms with Crippen LogP contribution in [0.3, 0.4) is 0 Å². The minimum Gasteiger partial charge on any atom is -0.322 e. The van der Waals surface area contributed by atoms with Gasteiger partial charge in [-0.15, -0.1) is 0 Å². The zero-order valence-corrected chi connectivity index (χ0v) is 14.6. The van der Waals surface area contributed by atoms with Crippen molar-refractivity contribution in [1.82, 2.24) is 4.72 Å². The second-order valence-corrected chi connectivity index (χ2v) is 8.19. The molecule has 3 rings (SSSR count). The molecule has 0 bridgehead atoms. The van der Waals surface area contributed by atoms with E-state index < -0.39 is 27.3 Å². The molecule has 0 radical (unpaired) electrons. The second-order valence-electron chi connectivity index (χ2n) is 6.51. The Hall–Kier alpha value is -2.25. The minimum atomic E-state index is -3.69. The molecule has 0 saturated heterocycles. The van der Waals surface area contributed by atoms with Crippen LogP contribution in [0, 0.1) is 5.82 Å². The first-order valence-corrected chi connectivity index (χ1v) is 9.47. The second kappa shape index (κ2) is 6.57. The van der Waals surface area contributed by atoms with E-state index in [1.54, 1.807) is 0 Å². The van der Waals surface area contributed by atoms with Crippen molar-refractivity contribution in [3.8, 4) is 0 Å². The number of carbonyl (C=O) groups is 1. The largest absolute Gasteiger partial charge is 0.322 e. The third-order valence-corrected chi connectivity index (χ3v) is 5.98. The zero-order chi connectivity index (χ0) is 18.1. The van der Waals surface area contributed by atoms with Crippen molar-refractivity contribution in [3.05, 3.63) is 59.9 Å². The van der Waals surface area contributed by atoms with Crippen LogP contribution in [0.2, 0.25) is 0 Å². The Labute approximate surface area is 146 Å². The lowest BCUT2D eigenvalue weighted by molar-refractivity contribution is 0.102. The maximum absolute atomic E-state index is 12.9. The third kappa shape index (κ3) is 4.05. The fraction of sp³-hybridized carbons (Fsp3) is 0.278. The third-order valence-electron chi connectivity index (χ3n) is 4.35. The molecule has 2 aromatic carbocycles. The first-order valence-electron chi connectivity index (χ1n) is 7.98. The van der Waals surface area contributed by atoms with Gasteiger partial charge in [-0.25, -0.2) is 17.5 Å². The lowest BCUT2D eigenvalue weighted by Gasteiger charge is -2.38. The molecule has 1 aliphatic carbocycles. The number of sulfonamides is 1. The van der Waals surface area contributed by atoms with Crippen LogP contribution in [0.4, 0.5) is 10.1 Å². The lowest BCUT2D eigenvalue weighted by atomic mass is 9.80. The van der Waals surface area contributed by atoms with E-state index in [-0.39, 0.29) is 10.5 Å². The Morgan fingerprint density at radius 2 is 1.80 bits per heavy atom. The molecule has 0 aromatic heterocycles. The summed E-state index contributed by atoms with van der Waals surface area (Å²) >= 11 is 0. The molecule has 0 heterocycles. The van der Waals surface area contributed by atoms with Crippen molar-refractivity contribution in [1.29, 1.82) is 0 Å². The Bertz CT molecular complexity index is 891. The number of amides is 1. The summed E-state index contributed by atoms with van der Waals surface area (Å²) in [4.78, 5) is 12.4. The van der Waals surface area contributed by atoms with Gasteiger partial charge in [0.1, 0.15) is 5.82 Å². The average molecular weight is 362 g/mol. The topological polar surface area (TPSA) is 75.3 Å². The first-order chi connectivity index (χ1) is 11.8. The first kappa shape index (κ1) is 17.6. The van der Waals surface area contributed by atoms with Crippen LogP contribution in [-0.2, 0) is 10.0 Å². The fourth-order valence-electron chi connectivity index (χ4n) is 2.73. The summed E-state index contributed by atoms with van der Waals surface area (Å²) in [6, 6.07) is 11.2. The smallest absolute Gasteiger partial charge is 0.255 e. The number of anilines is 1. The summed E-state index contributed by atoms with van der Waals surface area (Å²) in [5, 5.41) is 2.61. The molecule has 7 heteroatoms. The number of hydrogen-bond donors (Lipinski definition) is 2. The van der Waals surface area contributed by atoms with Gasteiger partial charge in [0.25, 0.3) is 5.91 Å². The molecule has 1 amide bonds. The van der Waals surface area contributed by atoms with Crippen molar-refractivity contribution < 1.29 is 17.6 Å². The highest BCUT2D eigenvalue weighted by Crippen LogP contribution is 2.32. The molecular weight excluding hydrogens is 343 g/mol. The van der Waals surface area contributed by atoms with E-state index in [2.05, 4.69) is 10.0 Å². The van der Waals surface area contributed by atoms with Crippen molar-refractivity contribution in [2.24, 2.45) is 0 Å². The van der Waals surface area contributed by atoms with Crippen LogP contribution in [0.5, 0.6) is 0 Å². The van der Waals surface area contributed by atoms with Crippen LogP contribution in [0.25, 0.3) is 0 Å². The molecule has 1 aliphatic rings. The van der Waals surface area contributed by atoms with Gasteiger partial charge in [-0.3, -0.25) is 4.79 Å². The summed E-state index contributed by atoms with van der Waals surface area (Å²) in [5.74, 6) is -0.861. The van der Waals surface area contributed by atoms with Gasteiger partial charge < -0.3 is 5.32 Å². The van der Waals surface area contributed by atoms with Crippen LogP contribution < -0.4 is 10.0 Å². The molecule has 5 nitrogen and oxygen atoms in total. The van der Waals surface area contributed by atoms with Crippen molar-refractivity contribution >= 4 is 21.6 Å². The zero-order valence-electron chi connectivity index (χ0n) is 13.8. The molecule has 1 fully saturated rings. The van der Waals surface area contributed by atoms with E-state index in [0.717, 1.165) is 19.3 Å². The molecular formula is C18H19FN2O3S.